The third-order valence-electron chi connectivity index (χ3n) is 5.54. The third-order valence-corrected chi connectivity index (χ3v) is 5.54. The molecule has 3 rings (SSSR count). The first-order valence-electron chi connectivity index (χ1n) is 10.2. The lowest BCUT2D eigenvalue weighted by atomic mass is 9.95. The van der Waals surface area contributed by atoms with Gasteiger partial charge in [0.15, 0.2) is 0 Å². The van der Waals surface area contributed by atoms with E-state index in [-0.39, 0.29) is 6.10 Å². The molecule has 7 heteroatoms. The number of piperazine rings is 1. The zero-order valence-electron chi connectivity index (χ0n) is 17.0. The number of β-amino-alcohol motifs (C(OH)–C–C–N with tert-alkyl or cyclic N) is 1. The normalized spacial score (nSPS) is 19.7. The molecule has 0 radical (unpaired) electrons. The van der Waals surface area contributed by atoms with E-state index in [2.05, 4.69) is 41.1 Å². The number of aliphatic hydroxyl groups is 1. The molecule has 0 bridgehead atoms. The summed E-state index contributed by atoms with van der Waals surface area (Å²) in [5, 5.41) is 26.1. The molecular formula is C22H32N2O5. The maximum atomic E-state index is 10.4. The van der Waals surface area contributed by atoms with E-state index < -0.39 is 11.9 Å². The van der Waals surface area contributed by atoms with Crippen LogP contribution in [0.4, 0.5) is 0 Å². The van der Waals surface area contributed by atoms with Gasteiger partial charge < -0.3 is 20.2 Å². The first-order chi connectivity index (χ1) is 13.8. The number of likely N-dealkylation sites (N-methyl/N-ethyl adjacent to an activating group) is 1. The molecule has 1 saturated heterocycles. The van der Waals surface area contributed by atoms with Crippen LogP contribution in [0.2, 0.25) is 0 Å². The summed E-state index contributed by atoms with van der Waals surface area (Å²) in [6.07, 6.45) is 6.18. The van der Waals surface area contributed by atoms with E-state index in [1.807, 2.05) is 0 Å². The first kappa shape index (κ1) is 23.1. The Hall–Kier alpha value is -2.22. The van der Waals surface area contributed by atoms with Gasteiger partial charge >= 0.3 is 11.9 Å². The smallest absolute Gasteiger partial charge is 0.328 e. The molecule has 1 atom stereocenters. The van der Waals surface area contributed by atoms with Gasteiger partial charge in [0.2, 0.25) is 0 Å². The second kappa shape index (κ2) is 11.7. The number of aliphatic carboxylic acids is 2. The molecule has 2 fully saturated rings. The maximum Gasteiger partial charge on any atom is 0.328 e. The number of carbonyl (C=O) groups is 2. The zero-order chi connectivity index (χ0) is 21.2. The van der Waals surface area contributed by atoms with Crippen LogP contribution in [0.5, 0.6) is 0 Å². The molecule has 3 N–H and O–H groups in total. The van der Waals surface area contributed by atoms with E-state index >= 15 is 0 Å². The highest BCUT2D eigenvalue weighted by Gasteiger charge is 2.19. The van der Waals surface area contributed by atoms with E-state index in [4.69, 9.17) is 10.2 Å². The van der Waals surface area contributed by atoms with Gasteiger partial charge in [-0.1, -0.05) is 37.1 Å². The summed E-state index contributed by atoms with van der Waals surface area (Å²) in [5.41, 5.74) is 2.53. The summed E-state index contributed by atoms with van der Waals surface area (Å²) in [6.45, 7) is 5.10. The van der Waals surface area contributed by atoms with Crippen molar-refractivity contribution in [3.05, 3.63) is 47.5 Å². The average molecular weight is 405 g/mol. The number of hydrogen-bond donors (Lipinski definition) is 3. The molecule has 160 valence electrons. The molecule has 0 aromatic heterocycles. The Bertz CT molecular complexity index is 659. The number of nitrogens with zero attached hydrogens (tertiary/aromatic N) is 2. The Labute approximate surface area is 172 Å². The fraction of sp³-hybridized carbons (Fsp3) is 0.545. The van der Waals surface area contributed by atoms with E-state index in [0.717, 1.165) is 44.2 Å². The Morgan fingerprint density at radius 3 is 2.00 bits per heavy atom. The van der Waals surface area contributed by atoms with E-state index in [1.165, 1.54) is 31.2 Å². The topological polar surface area (TPSA) is 101 Å². The van der Waals surface area contributed by atoms with Crippen LogP contribution in [-0.2, 0) is 9.59 Å². The Morgan fingerprint density at radius 2 is 1.52 bits per heavy atom. The molecule has 7 nitrogen and oxygen atoms in total. The summed E-state index contributed by atoms with van der Waals surface area (Å²) in [6, 6.07) is 8.74. The quantitative estimate of drug-likeness (QED) is 0.626. The van der Waals surface area contributed by atoms with Crippen molar-refractivity contribution in [2.45, 2.75) is 37.7 Å². The largest absolute Gasteiger partial charge is 0.478 e. The third kappa shape index (κ3) is 8.35. The highest BCUT2D eigenvalue weighted by molar-refractivity contribution is 5.89. The minimum absolute atomic E-state index is 0.356. The molecule has 2 aliphatic rings. The summed E-state index contributed by atoms with van der Waals surface area (Å²) in [5.74, 6) is -1.76. The van der Waals surface area contributed by atoms with Gasteiger partial charge in [0.05, 0.1) is 6.10 Å². The van der Waals surface area contributed by atoms with Crippen molar-refractivity contribution in [1.82, 2.24) is 9.80 Å². The summed E-state index contributed by atoms with van der Waals surface area (Å²) in [4.78, 5) is 23.8. The molecule has 1 aromatic rings. The number of rotatable bonds is 6. The van der Waals surface area contributed by atoms with Gasteiger partial charge in [-0.2, -0.15) is 0 Å². The van der Waals surface area contributed by atoms with Crippen molar-refractivity contribution in [3.8, 4) is 0 Å². The highest BCUT2D eigenvalue weighted by Crippen LogP contribution is 2.34. The van der Waals surface area contributed by atoms with Crippen LogP contribution in [0.1, 0.15) is 48.8 Å². The Kier molecular flexibility index (Phi) is 9.31. The van der Waals surface area contributed by atoms with Crippen molar-refractivity contribution in [1.29, 1.82) is 0 Å². The Balaban J connectivity index is 0.000000321. The SMILES string of the molecule is CN1CCN(CC(O)c2ccc(C3CCCC3)cc2)CC1.O=C(O)/C=C\C(=O)O. The van der Waals surface area contributed by atoms with Crippen LogP contribution in [-0.4, -0.2) is 76.8 Å². The molecule has 29 heavy (non-hydrogen) atoms. The van der Waals surface area contributed by atoms with Crippen LogP contribution >= 0.6 is 0 Å². The van der Waals surface area contributed by atoms with E-state index in [9.17, 15) is 14.7 Å². The van der Waals surface area contributed by atoms with Crippen molar-refractivity contribution in [2.75, 3.05) is 39.8 Å². The van der Waals surface area contributed by atoms with Gasteiger partial charge in [0, 0.05) is 44.9 Å². The molecular weight excluding hydrogens is 372 g/mol. The number of aliphatic hydroxyl groups excluding tert-OH is 1. The second-order valence-electron chi connectivity index (χ2n) is 7.78. The highest BCUT2D eigenvalue weighted by atomic mass is 16.4. The monoisotopic (exact) mass is 404 g/mol. The van der Waals surface area contributed by atoms with Gasteiger partial charge in [-0.3, -0.25) is 4.90 Å². The fourth-order valence-corrected chi connectivity index (χ4v) is 3.77. The van der Waals surface area contributed by atoms with E-state index in [0.29, 0.717) is 12.2 Å². The molecule has 1 heterocycles. The molecule has 1 aromatic carbocycles. The minimum atomic E-state index is -1.26. The second-order valence-corrected chi connectivity index (χ2v) is 7.78. The van der Waals surface area contributed by atoms with Crippen molar-refractivity contribution < 1.29 is 24.9 Å². The lowest BCUT2D eigenvalue weighted by molar-refractivity contribution is -0.134. The van der Waals surface area contributed by atoms with Gasteiger partial charge in [-0.05, 0) is 36.9 Å². The molecule has 0 spiro atoms. The molecule has 1 aliphatic heterocycles. The van der Waals surface area contributed by atoms with Gasteiger partial charge in [-0.25, -0.2) is 9.59 Å². The van der Waals surface area contributed by atoms with Crippen molar-refractivity contribution in [3.63, 3.8) is 0 Å². The Morgan fingerprint density at radius 1 is 1.00 bits per heavy atom. The van der Waals surface area contributed by atoms with Crippen molar-refractivity contribution >= 4 is 11.9 Å². The van der Waals surface area contributed by atoms with E-state index in [1.54, 1.807) is 0 Å². The predicted molar refractivity (Wildman–Crippen MR) is 111 cm³/mol. The molecule has 0 amide bonds. The van der Waals surface area contributed by atoms with Crippen LogP contribution in [0.15, 0.2) is 36.4 Å². The number of carboxylic acids is 2. The summed E-state index contributed by atoms with van der Waals surface area (Å²) >= 11 is 0. The standard InChI is InChI=1S/C18H28N2O.C4H4O4/c1-19-10-12-20(13-11-19)14-18(21)17-8-6-16(7-9-17)15-4-2-3-5-15;5-3(6)1-2-4(7)8/h6-9,15,18,21H,2-5,10-14H2,1H3;1-2H,(H,5,6)(H,7,8)/b;2-1-. The minimum Gasteiger partial charge on any atom is -0.478 e. The predicted octanol–water partition coefficient (Wildman–Crippen LogP) is 2.34. The lowest BCUT2D eigenvalue weighted by Gasteiger charge is -2.33. The zero-order valence-corrected chi connectivity index (χ0v) is 17.0. The summed E-state index contributed by atoms with van der Waals surface area (Å²) in [7, 11) is 2.16. The number of hydrogen-bond acceptors (Lipinski definition) is 5. The molecule has 1 aliphatic carbocycles. The van der Waals surface area contributed by atoms with Gasteiger partial charge in [0.1, 0.15) is 0 Å². The number of carboxylic acid groups (broad SMARTS) is 2. The molecule has 1 saturated carbocycles. The fourth-order valence-electron chi connectivity index (χ4n) is 3.77. The van der Waals surface area contributed by atoms with Gasteiger partial charge in [-0.15, -0.1) is 0 Å². The van der Waals surface area contributed by atoms with Crippen LogP contribution in [0.25, 0.3) is 0 Å². The van der Waals surface area contributed by atoms with Gasteiger partial charge in [0.25, 0.3) is 0 Å². The summed E-state index contributed by atoms with van der Waals surface area (Å²) < 4.78 is 0. The van der Waals surface area contributed by atoms with Crippen LogP contribution < -0.4 is 0 Å². The van der Waals surface area contributed by atoms with Crippen molar-refractivity contribution in [2.24, 2.45) is 0 Å². The van der Waals surface area contributed by atoms with Crippen LogP contribution in [0.3, 0.4) is 0 Å². The van der Waals surface area contributed by atoms with Crippen LogP contribution in [0, 0.1) is 0 Å². The lowest BCUT2D eigenvalue weighted by Crippen LogP contribution is -2.45. The molecule has 1 unspecified atom stereocenters. The average Bonchev–Trinajstić information content (AvgIpc) is 3.24. The first-order valence-corrected chi connectivity index (χ1v) is 10.2. The number of benzene rings is 1. The maximum absolute atomic E-state index is 10.4.